The Morgan fingerprint density at radius 2 is 1.77 bits per heavy atom. The van der Waals surface area contributed by atoms with Gasteiger partial charge in [-0.3, -0.25) is 0 Å². The predicted molar refractivity (Wildman–Crippen MR) is 99.7 cm³/mol. The molecule has 30 heavy (non-hydrogen) atoms. The van der Waals surface area contributed by atoms with Crippen molar-refractivity contribution in [1.82, 2.24) is 0 Å². The summed E-state index contributed by atoms with van der Waals surface area (Å²) in [6.07, 6.45) is 6.46. The van der Waals surface area contributed by atoms with Crippen LogP contribution >= 0.6 is 0 Å². The van der Waals surface area contributed by atoms with Gasteiger partial charge >= 0.3 is 11.9 Å². The molecular weight excluding hydrogens is 394 g/mol. The summed E-state index contributed by atoms with van der Waals surface area (Å²) < 4.78 is 36.9. The third kappa shape index (κ3) is 3.00. The zero-order valence-corrected chi connectivity index (χ0v) is 16.8. The molecule has 5 nitrogen and oxygen atoms in total. The van der Waals surface area contributed by atoms with Crippen molar-refractivity contribution in [2.75, 3.05) is 6.61 Å². The molecule has 4 saturated carbocycles. The van der Waals surface area contributed by atoms with Gasteiger partial charge in [0.15, 0.2) is 6.61 Å². The highest BCUT2D eigenvalue weighted by Crippen LogP contribution is 2.70. The van der Waals surface area contributed by atoms with E-state index in [0.717, 1.165) is 36.0 Å². The van der Waals surface area contributed by atoms with Crippen molar-refractivity contribution in [3.63, 3.8) is 0 Å². The van der Waals surface area contributed by atoms with Gasteiger partial charge in [-0.25, -0.2) is 4.79 Å². The van der Waals surface area contributed by atoms with Crippen LogP contribution in [0.15, 0.2) is 24.3 Å². The number of esters is 1. The largest absolute Gasteiger partial charge is 0.544 e. The topological polar surface area (TPSA) is 75.7 Å². The van der Waals surface area contributed by atoms with Gasteiger partial charge < -0.3 is 19.4 Å². The zero-order valence-electron chi connectivity index (χ0n) is 16.8. The van der Waals surface area contributed by atoms with E-state index in [0.29, 0.717) is 11.7 Å². The smallest absolute Gasteiger partial charge is 0.338 e. The van der Waals surface area contributed by atoms with Gasteiger partial charge in [0.05, 0.1) is 5.56 Å². The lowest BCUT2D eigenvalue weighted by Crippen LogP contribution is -2.46. The molecule has 0 aromatic heterocycles. The summed E-state index contributed by atoms with van der Waals surface area (Å²) in [5, 5.41) is 10.3. The molecule has 0 heterocycles. The Bertz CT molecular complexity index is 869. The Labute approximate surface area is 173 Å². The SMILES string of the molecule is CC1(Oc2ccc(C(=O)OCC(F)(F)C(=O)[O-])cc2)CC2CC1C1C3CCC(C3)C21. The number of aliphatic carboxylic acids is 1. The quantitative estimate of drug-likeness (QED) is 0.523. The van der Waals surface area contributed by atoms with E-state index in [-0.39, 0.29) is 11.2 Å². The minimum absolute atomic E-state index is 0.0581. The van der Waals surface area contributed by atoms with Gasteiger partial charge in [-0.05, 0) is 92.9 Å². The van der Waals surface area contributed by atoms with Crippen molar-refractivity contribution in [3.8, 4) is 5.75 Å². The number of rotatable bonds is 6. The maximum absolute atomic E-state index is 13.0. The van der Waals surface area contributed by atoms with Crippen molar-refractivity contribution in [3.05, 3.63) is 29.8 Å². The maximum Gasteiger partial charge on any atom is 0.338 e. The van der Waals surface area contributed by atoms with Gasteiger partial charge in [0, 0.05) is 5.92 Å². The van der Waals surface area contributed by atoms with Gasteiger partial charge in [0.1, 0.15) is 17.3 Å². The van der Waals surface area contributed by atoms with Crippen LogP contribution in [0.5, 0.6) is 5.75 Å². The Morgan fingerprint density at radius 1 is 1.10 bits per heavy atom. The first kappa shape index (κ1) is 19.8. The highest BCUT2D eigenvalue weighted by Gasteiger charge is 2.66. The summed E-state index contributed by atoms with van der Waals surface area (Å²) in [6, 6.07) is 6.18. The molecule has 7 unspecified atom stereocenters. The molecule has 0 amide bonds. The molecule has 5 rings (SSSR count). The lowest BCUT2D eigenvalue weighted by atomic mass is 9.66. The fourth-order valence-electron chi connectivity index (χ4n) is 7.21. The first-order chi connectivity index (χ1) is 14.2. The Kier molecular flexibility index (Phi) is 4.39. The number of hydrogen-bond donors (Lipinski definition) is 0. The summed E-state index contributed by atoms with van der Waals surface area (Å²) >= 11 is 0. The van der Waals surface area contributed by atoms with Crippen LogP contribution in [0.4, 0.5) is 8.78 Å². The maximum atomic E-state index is 13.0. The van der Waals surface area contributed by atoms with Crippen molar-refractivity contribution in [2.45, 2.75) is 50.6 Å². The number of hydrogen-bond acceptors (Lipinski definition) is 5. The average molecular weight is 419 g/mol. The predicted octanol–water partition coefficient (Wildman–Crippen LogP) is 3.07. The molecule has 0 saturated heterocycles. The normalized spacial score (nSPS) is 38.5. The number of alkyl halides is 2. The minimum atomic E-state index is -4.22. The monoisotopic (exact) mass is 419 g/mol. The minimum Gasteiger partial charge on any atom is -0.544 e. The summed E-state index contributed by atoms with van der Waals surface area (Å²) in [7, 11) is 0. The van der Waals surface area contributed by atoms with E-state index in [1.54, 1.807) is 12.1 Å². The standard InChI is InChI=1S/C23H26F2O5/c1-22(10-15-9-17(22)19-14-3-2-13(8-14)18(15)19)30-16-6-4-12(5-7-16)20(26)29-11-23(24,25)21(27)28/h4-7,13-15,17-19H,2-3,8-11H2,1H3,(H,27,28)/p-1. The first-order valence-corrected chi connectivity index (χ1v) is 10.7. The second-order valence-electron chi connectivity index (χ2n) is 9.80. The van der Waals surface area contributed by atoms with Crippen LogP contribution in [0.1, 0.15) is 49.4 Å². The van der Waals surface area contributed by atoms with Gasteiger partial charge in [0.25, 0.3) is 0 Å². The van der Waals surface area contributed by atoms with E-state index in [1.165, 1.54) is 37.8 Å². The second-order valence-corrected chi connectivity index (χ2v) is 9.80. The van der Waals surface area contributed by atoms with Crippen LogP contribution in [0.3, 0.4) is 0 Å². The van der Waals surface area contributed by atoms with Gasteiger partial charge in [-0.2, -0.15) is 8.78 Å². The molecule has 0 radical (unpaired) electrons. The molecule has 4 aliphatic rings. The molecule has 0 aliphatic heterocycles. The Balaban J connectivity index is 1.23. The summed E-state index contributed by atoms with van der Waals surface area (Å²) in [6.45, 7) is 0.641. The molecular formula is C23H25F2O5-. The van der Waals surface area contributed by atoms with E-state index in [2.05, 4.69) is 11.7 Å². The lowest BCUT2D eigenvalue weighted by Gasteiger charge is -2.44. The number of ether oxygens (including phenoxy) is 2. The van der Waals surface area contributed by atoms with Crippen molar-refractivity contribution >= 4 is 11.9 Å². The zero-order chi connectivity index (χ0) is 21.3. The van der Waals surface area contributed by atoms with Crippen LogP contribution in [0.2, 0.25) is 0 Å². The number of carboxylic acid groups (broad SMARTS) is 1. The molecule has 0 N–H and O–H groups in total. The molecule has 4 bridgehead atoms. The van der Waals surface area contributed by atoms with E-state index >= 15 is 0 Å². The number of halogens is 2. The van der Waals surface area contributed by atoms with Crippen LogP contribution in [0, 0.1) is 35.5 Å². The third-order valence-corrected chi connectivity index (χ3v) is 8.19. The van der Waals surface area contributed by atoms with E-state index < -0.39 is 24.5 Å². The third-order valence-electron chi connectivity index (χ3n) is 8.19. The average Bonchev–Trinajstić information content (AvgIpc) is 3.45. The van der Waals surface area contributed by atoms with Gasteiger partial charge in [0.2, 0.25) is 0 Å². The Hall–Kier alpha value is -2.18. The van der Waals surface area contributed by atoms with E-state index in [1.807, 2.05) is 0 Å². The number of benzene rings is 1. The fraction of sp³-hybridized carbons (Fsp3) is 0.652. The number of fused-ring (bicyclic) bond motifs is 9. The first-order valence-electron chi connectivity index (χ1n) is 10.7. The number of carbonyl (C=O) groups excluding carboxylic acids is 2. The molecule has 162 valence electrons. The Morgan fingerprint density at radius 3 is 2.43 bits per heavy atom. The second kappa shape index (κ2) is 6.66. The van der Waals surface area contributed by atoms with Crippen LogP contribution in [-0.2, 0) is 9.53 Å². The van der Waals surface area contributed by atoms with Gasteiger partial charge in [-0.15, -0.1) is 0 Å². The molecule has 4 fully saturated rings. The molecule has 4 aliphatic carbocycles. The highest BCUT2D eigenvalue weighted by atomic mass is 19.3. The summed E-state index contributed by atoms with van der Waals surface area (Å²) in [5.74, 6) is -2.39. The van der Waals surface area contributed by atoms with E-state index in [4.69, 9.17) is 4.74 Å². The molecule has 7 heteroatoms. The van der Waals surface area contributed by atoms with Crippen LogP contribution < -0.4 is 9.84 Å². The molecule has 0 spiro atoms. The van der Waals surface area contributed by atoms with Crippen molar-refractivity contribution in [2.24, 2.45) is 35.5 Å². The van der Waals surface area contributed by atoms with Crippen LogP contribution in [0.25, 0.3) is 0 Å². The highest BCUT2D eigenvalue weighted by molar-refractivity contribution is 5.89. The fourth-order valence-corrected chi connectivity index (χ4v) is 7.21. The summed E-state index contributed by atoms with van der Waals surface area (Å²) in [4.78, 5) is 22.2. The van der Waals surface area contributed by atoms with Gasteiger partial charge in [-0.1, -0.05) is 0 Å². The summed E-state index contributed by atoms with van der Waals surface area (Å²) in [5.41, 5.74) is -0.155. The number of carboxylic acids is 1. The van der Waals surface area contributed by atoms with Crippen molar-refractivity contribution in [1.29, 1.82) is 0 Å². The van der Waals surface area contributed by atoms with Crippen molar-refractivity contribution < 1.29 is 33.0 Å². The number of carbonyl (C=O) groups is 2. The van der Waals surface area contributed by atoms with Crippen LogP contribution in [-0.4, -0.2) is 30.1 Å². The molecule has 1 aromatic rings. The lowest BCUT2D eigenvalue weighted by molar-refractivity contribution is -0.331. The van der Waals surface area contributed by atoms with E-state index in [9.17, 15) is 23.5 Å². The molecule has 1 aromatic carbocycles. The molecule has 7 atom stereocenters.